The van der Waals surface area contributed by atoms with Crippen LogP contribution in [-0.2, 0) is 0 Å². The molecular formula is C38H20N2S2. The highest BCUT2D eigenvalue weighted by atomic mass is 32.1. The van der Waals surface area contributed by atoms with E-state index in [2.05, 4.69) is 115 Å². The van der Waals surface area contributed by atoms with Crippen molar-refractivity contribution in [3.05, 3.63) is 132 Å². The van der Waals surface area contributed by atoms with Crippen molar-refractivity contribution in [3.8, 4) is 45.5 Å². The fourth-order valence-electron chi connectivity index (χ4n) is 5.92. The van der Waals surface area contributed by atoms with Gasteiger partial charge < -0.3 is 0 Å². The first-order valence-corrected chi connectivity index (χ1v) is 15.2. The molecule has 0 aliphatic rings. The Balaban J connectivity index is 1.39. The van der Waals surface area contributed by atoms with Gasteiger partial charge in [-0.2, -0.15) is 10.5 Å². The van der Waals surface area contributed by atoms with Crippen LogP contribution in [0.25, 0.3) is 73.7 Å². The molecule has 4 heteroatoms. The normalized spacial score (nSPS) is 11.3. The summed E-state index contributed by atoms with van der Waals surface area (Å²) in [6.07, 6.45) is 0. The second-order valence-electron chi connectivity index (χ2n) is 10.4. The van der Waals surface area contributed by atoms with Gasteiger partial charge in [-0.15, -0.1) is 22.7 Å². The van der Waals surface area contributed by atoms with Gasteiger partial charge in [-0.05, 0) is 88.0 Å². The third-order valence-corrected chi connectivity index (χ3v) is 10.2. The Morgan fingerprint density at radius 1 is 0.405 bits per heavy atom. The number of nitriles is 2. The van der Waals surface area contributed by atoms with Gasteiger partial charge in [0, 0.05) is 40.3 Å². The molecule has 2 aromatic heterocycles. The largest absolute Gasteiger partial charge is 0.192 e. The molecule has 2 nitrogen and oxygen atoms in total. The minimum Gasteiger partial charge on any atom is -0.192 e. The van der Waals surface area contributed by atoms with Gasteiger partial charge in [0.1, 0.15) is 0 Å². The predicted molar refractivity (Wildman–Crippen MR) is 178 cm³/mol. The van der Waals surface area contributed by atoms with E-state index in [9.17, 15) is 10.5 Å². The lowest BCUT2D eigenvalue weighted by Gasteiger charge is -2.13. The molecular weight excluding hydrogens is 549 g/mol. The van der Waals surface area contributed by atoms with Crippen molar-refractivity contribution in [1.29, 1.82) is 10.5 Å². The van der Waals surface area contributed by atoms with Crippen LogP contribution in [0.1, 0.15) is 11.1 Å². The maximum Gasteiger partial charge on any atom is 0.0992 e. The Morgan fingerprint density at radius 3 is 1.71 bits per heavy atom. The van der Waals surface area contributed by atoms with E-state index in [1.54, 1.807) is 6.07 Å². The summed E-state index contributed by atoms with van der Waals surface area (Å²) in [5.41, 5.74) is 7.32. The van der Waals surface area contributed by atoms with Crippen LogP contribution in [0.2, 0.25) is 0 Å². The fraction of sp³-hybridized carbons (Fsp3) is 0. The van der Waals surface area contributed by atoms with Crippen molar-refractivity contribution in [2.45, 2.75) is 0 Å². The van der Waals surface area contributed by atoms with Gasteiger partial charge in [0.15, 0.2) is 0 Å². The summed E-state index contributed by atoms with van der Waals surface area (Å²) < 4.78 is 5.07. The van der Waals surface area contributed by atoms with Crippen molar-refractivity contribution in [1.82, 2.24) is 0 Å². The molecule has 0 unspecified atom stereocenters. The lowest BCUT2D eigenvalue weighted by molar-refractivity contribution is 1.44. The molecule has 0 aliphatic carbocycles. The van der Waals surface area contributed by atoms with Crippen LogP contribution in [0.15, 0.2) is 121 Å². The fourth-order valence-corrected chi connectivity index (χ4v) is 8.30. The lowest BCUT2D eigenvalue weighted by atomic mass is 9.91. The molecule has 194 valence electrons. The molecule has 8 rings (SSSR count). The topological polar surface area (TPSA) is 47.6 Å². The molecule has 0 amide bonds. The van der Waals surface area contributed by atoms with Gasteiger partial charge in [-0.1, -0.05) is 66.7 Å². The van der Waals surface area contributed by atoms with Crippen molar-refractivity contribution in [2.75, 3.05) is 0 Å². The SMILES string of the molecule is N#Cc1cc(C#N)cc(-c2cc(-c3ccc4c(c3)sc3ccccc34)cc(-c3cccc4c3sc3ccccc34)c2)c1. The van der Waals surface area contributed by atoms with Crippen LogP contribution in [0, 0.1) is 22.7 Å². The van der Waals surface area contributed by atoms with Gasteiger partial charge in [0.25, 0.3) is 0 Å². The number of benzene rings is 6. The van der Waals surface area contributed by atoms with E-state index in [1.165, 1.54) is 45.9 Å². The molecule has 42 heavy (non-hydrogen) atoms. The molecule has 0 aliphatic heterocycles. The molecule has 0 N–H and O–H groups in total. The summed E-state index contributed by atoms with van der Waals surface area (Å²) in [6.45, 7) is 0. The van der Waals surface area contributed by atoms with Crippen molar-refractivity contribution in [3.63, 3.8) is 0 Å². The van der Waals surface area contributed by atoms with E-state index >= 15 is 0 Å². The van der Waals surface area contributed by atoms with Gasteiger partial charge in [-0.3, -0.25) is 0 Å². The number of hydrogen-bond acceptors (Lipinski definition) is 4. The Morgan fingerprint density at radius 2 is 0.976 bits per heavy atom. The summed E-state index contributed by atoms with van der Waals surface area (Å²) >= 11 is 3.63. The van der Waals surface area contributed by atoms with E-state index in [4.69, 9.17) is 0 Å². The minimum atomic E-state index is 0.481. The summed E-state index contributed by atoms with van der Waals surface area (Å²) in [5, 5.41) is 24.4. The molecule has 2 heterocycles. The van der Waals surface area contributed by atoms with E-state index < -0.39 is 0 Å². The highest BCUT2D eigenvalue weighted by Gasteiger charge is 2.15. The zero-order valence-corrected chi connectivity index (χ0v) is 23.9. The molecule has 0 saturated carbocycles. The molecule has 0 radical (unpaired) electrons. The van der Waals surface area contributed by atoms with Crippen LogP contribution in [0.4, 0.5) is 0 Å². The van der Waals surface area contributed by atoms with Crippen molar-refractivity contribution >= 4 is 63.0 Å². The average molecular weight is 569 g/mol. The first-order chi connectivity index (χ1) is 20.7. The molecule has 0 fully saturated rings. The standard InChI is InChI=1S/C38H20N2S2/c39-21-23-14-24(22-40)16-26(15-23)28-17-27(25-12-13-33-31-6-1-3-10-35(31)41-37(33)20-25)18-29(19-28)30-8-5-9-34-32-7-2-4-11-36(32)42-38(30)34/h1-20H. The number of nitrogens with zero attached hydrogens (tertiary/aromatic N) is 2. The summed E-state index contributed by atoms with van der Waals surface area (Å²) in [5.74, 6) is 0. The zero-order chi connectivity index (χ0) is 28.2. The third kappa shape index (κ3) is 3.98. The van der Waals surface area contributed by atoms with Gasteiger partial charge in [-0.25, -0.2) is 0 Å². The Labute approximate surface area is 250 Å². The van der Waals surface area contributed by atoms with Crippen LogP contribution in [-0.4, -0.2) is 0 Å². The summed E-state index contributed by atoms with van der Waals surface area (Å²) in [6, 6.07) is 46.9. The number of hydrogen-bond donors (Lipinski definition) is 0. The van der Waals surface area contributed by atoms with Crippen molar-refractivity contribution in [2.24, 2.45) is 0 Å². The first kappa shape index (κ1) is 24.5. The average Bonchev–Trinajstić information content (AvgIpc) is 3.62. The second-order valence-corrected chi connectivity index (χ2v) is 12.5. The van der Waals surface area contributed by atoms with Crippen LogP contribution >= 0.6 is 22.7 Å². The zero-order valence-electron chi connectivity index (χ0n) is 22.3. The smallest absolute Gasteiger partial charge is 0.0992 e. The molecule has 0 atom stereocenters. The van der Waals surface area contributed by atoms with E-state index in [0.717, 1.165) is 27.8 Å². The van der Waals surface area contributed by atoms with E-state index in [-0.39, 0.29) is 0 Å². The Bertz CT molecular complexity index is 2410. The molecule has 0 saturated heterocycles. The highest BCUT2D eigenvalue weighted by Crippen LogP contribution is 2.43. The minimum absolute atomic E-state index is 0.481. The summed E-state index contributed by atoms with van der Waals surface area (Å²) in [7, 11) is 0. The number of rotatable bonds is 3. The molecule has 6 aromatic carbocycles. The maximum atomic E-state index is 9.69. The first-order valence-electron chi connectivity index (χ1n) is 13.6. The predicted octanol–water partition coefficient (Wildman–Crippen LogP) is 11.2. The van der Waals surface area contributed by atoms with Gasteiger partial charge in [0.05, 0.1) is 23.3 Å². The number of thiophene rings is 2. The van der Waals surface area contributed by atoms with Crippen LogP contribution < -0.4 is 0 Å². The third-order valence-electron chi connectivity index (χ3n) is 7.88. The van der Waals surface area contributed by atoms with Crippen LogP contribution in [0.5, 0.6) is 0 Å². The molecule has 8 aromatic rings. The monoisotopic (exact) mass is 568 g/mol. The lowest BCUT2D eigenvalue weighted by Crippen LogP contribution is -1.89. The van der Waals surface area contributed by atoms with E-state index in [0.29, 0.717) is 11.1 Å². The molecule has 0 bridgehead atoms. The van der Waals surface area contributed by atoms with Gasteiger partial charge in [0.2, 0.25) is 0 Å². The van der Waals surface area contributed by atoms with E-state index in [1.807, 2.05) is 34.8 Å². The van der Waals surface area contributed by atoms with Crippen molar-refractivity contribution < 1.29 is 0 Å². The Hall–Kier alpha value is -5.26. The molecule has 0 spiro atoms. The summed E-state index contributed by atoms with van der Waals surface area (Å²) in [4.78, 5) is 0. The van der Waals surface area contributed by atoms with Crippen LogP contribution in [0.3, 0.4) is 0 Å². The number of fused-ring (bicyclic) bond motifs is 6. The maximum absolute atomic E-state index is 9.69. The second kappa shape index (κ2) is 9.68. The van der Waals surface area contributed by atoms with Gasteiger partial charge >= 0.3 is 0 Å². The quantitative estimate of drug-likeness (QED) is 0.213. The highest BCUT2D eigenvalue weighted by molar-refractivity contribution is 7.26. The Kier molecular flexibility index (Phi) is 5.66.